The molecule has 0 aliphatic rings. The molecule has 0 N–H and O–H groups in total. The quantitative estimate of drug-likeness (QED) is 0.772. The molecule has 0 saturated carbocycles. The van der Waals surface area contributed by atoms with Gasteiger partial charge in [-0.1, -0.05) is 17.7 Å². The van der Waals surface area contributed by atoms with E-state index in [1.165, 1.54) is 0 Å². The molecule has 0 radical (unpaired) electrons. The number of rotatable bonds is 3. The number of furan rings is 1. The Bertz CT molecular complexity index is 434. The molecule has 0 saturated heterocycles. The van der Waals surface area contributed by atoms with Crippen molar-refractivity contribution in [3.8, 4) is 0 Å². The Kier molecular flexibility index (Phi) is 2.75. The van der Waals surface area contributed by atoms with Crippen LogP contribution in [0.5, 0.6) is 0 Å². The molecule has 2 nitrogen and oxygen atoms in total. The Balaban J connectivity index is 2.45. The maximum absolute atomic E-state index is 6.07. The Labute approximate surface area is 87.4 Å². The fraction of sp³-hybridized carbons (Fsp3) is 0.273. The molecule has 0 unspecified atom stereocenters. The highest BCUT2D eigenvalue weighted by molar-refractivity contribution is 6.35. The van der Waals surface area contributed by atoms with Crippen molar-refractivity contribution in [2.45, 2.75) is 13.5 Å². The van der Waals surface area contributed by atoms with E-state index in [9.17, 15) is 0 Å². The van der Waals surface area contributed by atoms with Crippen molar-refractivity contribution in [3.05, 3.63) is 35.0 Å². The topological polar surface area (TPSA) is 22.4 Å². The van der Waals surface area contributed by atoms with Gasteiger partial charge in [0, 0.05) is 17.6 Å². The van der Waals surface area contributed by atoms with Gasteiger partial charge >= 0.3 is 0 Å². The van der Waals surface area contributed by atoms with Gasteiger partial charge in [0.15, 0.2) is 0 Å². The summed E-state index contributed by atoms with van der Waals surface area (Å²) in [5.41, 5.74) is 1.82. The van der Waals surface area contributed by atoms with Gasteiger partial charge in [-0.05, 0) is 19.1 Å². The monoisotopic (exact) mass is 210 g/mol. The zero-order valence-electron chi connectivity index (χ0n) is 7.92. The molecule has 0 aliphatic carbocycles. The Morgan fingerprint density at radius 1 is 1.43 bits per heavy atom. The SMILES string of the molecule is CCOCc1coc2cccc(Cl)c12. The number of hydrogen-bond donors (Lipinski definition) is 0. The first-order valence-corrected chi connectivity index (χ1v) is 4.93. The van der Waals surface area contributed by atoms with Crippen LogP contribution in [0.25, 0.3) is 11.0 Å². The zero-order chi connectivity index (χ0) is 9.97. The molecule has 1 aromatic carbocycles. The summed E-state index contributed by atoms with van der Waals surface area (Å²) >= 11 is 6.07. The molecular formula is C11H11ClO2. The second-order valence-electron chi connectivity index (χ2n) is 3.01. The van der Waals surface area contributed by atoms with Crippen LogP contribution in [0.15, 0.2) is 28.9 Å². The van der Waals surface area contributed by atoms with Crippen molar-refractivity contribution in [3.63, 3.8) is 0 Å². The van der Waals surface area contributed by atoms with Gasteiger partial charge in [-0.25, -0.2) is 0 Å². The van der Waals surface area contributed by atoms with Crippen molar-refractivity contribution >= 4 is 22.6 Å². The maximum atomic E-state index is 6.07. The molecule has 0 aliphatic heterocycles. The van der Waals surface area contributed by atoms with Crippen molar-refractivity contribution in [2.24, 2.45) is 0 Å². The lowest BCUT2D eigenvalue weighted by Crippen LogP contribution is -1.90. The van der Waals surface area contributed by atoms with E-state index in [1.54, 1.807) is 6.26 Å². The molecule has 0 spiro atoms. The first kappa shape index (κ1) is 9.56. The van der Waals surface area contributed by atoms with Gasteiger partial charge in [-0.2, -0.15) is 0 Å². The van der Waals surface area contributed by atoms with Gasteiger partial charge < -0.3 is 9.15 Å². The van der Waals surface area contributed by atoms with Crippen LogP contribution >= 0.6 is 11.6 Å². The number of ether oxygens (including phenoxy) is 1. The predicted octanol–water partition coefficient (Wildman–Crippen LogP) is 3.62. The van der Waals surface area contributed by atoms with Gasteiger partial charge in [0.1, 0.15) is 5.58 Å². The summed E-state index contributed by atoms with van der Waals surface area (Å²) in [5, 5.41) is 1.67. The molecule has 1 heterocycles. The minimum atomic E-state index is 0.549. The van der Waals surface area contributed by atoms with Gasteiger partial charge in [-0.3, -0.25) is 0 Å². The maximum Gasteiger partial charge on any atom is 0.135 e. The summed E-state index contributed by atoms with van der Waals surface area (Å²) in [7, 11) is 0. The van der Waals surface area contributed by atoms with E-state index in [0.717, 1.165) is 16.5 Å². The fourth-order valence-corrected chi connectivity index (χ4v) is 1.71. The Hall–Kier alpha value is -0.990. The molecule has 0 amide bonds. The first-order valence-electron chi connectivity index (χ1n) is 4.55. The third-order valence-electron chi connectivity index (χ3n) is 2.09. The van der Waals surface area contributed by atoms with Crippen LogP contribution < -0.4 is 0 Å². The highest BCUT2D eigenvalue weighted by atomic mass is 35.5. The third kappa shape index (κ3) is 1.63. The van der Waals surface area contributed by atoms with E-state index in [-0.39, 0.29) is 0 Å². The van der Waals surface area contributed by atoms with E-state index >= 15 is 0 Å². The molecule has 0 fully saturated rings. The lowest BCUT2D eigenvalue weighted by Gasteiger charge is -1.99. The van der Waals surface area contributed by atoms with E-state index in [2.05, 4.69) is 0 Å². The Morgan fingerprint density at radius 2 is 2.29 bits per heavy atom. The van der Waals surface area contributed by atoms with E-state index in [4.69, 9.17) is 20.8 Å². The van der Waals surface area contributed by atoms with Gasteiger partial charge in [-0.15, -0.1) is 0 Å². The lowest BCUT2D eigenvalue weighted by atomic mass is 10.2. The average Bonchev–Trinajstić information content (AvgIpc) is 2.59. The van der Waals surface area contributed by atoms with Crippen LogP contribution in [0.1, 0.15) is 12.5 Å². The zero-order valence-corrected chi connectivity index (χ0v) is 8.67. The van der Waals surface area contributed by atoms with Gasteiger partial charge in [0.25, 0.3) is 0 Å². The summed E-state index contributed by atoms with van der Waals surface area (Å²) in [6.07, 6.45) is 1.70. The molecule has 0 atom stereocenters. The molecule has 74 valence electrons. The van der Waals surface area contributed by atoms with Crippen LogP contribution in [-0.2, 0) is 11.3 Å². The minimum absolute atomic E-state index is 0.549. The molecular weight excluding hydrogens is 200 g/mol. The van der Waals surface area contributed by atoms with Crippen LogP contribution in [0, 0.1) is 0 Å². The van der Waals surface area contributed by atoms with Crippen LogP contribution in [0.4, 0.5) is 0 Å². The molecule has 2 aromatic rings. The number of benzene rings is 1. The summed E-state index contributed by atoms with van der Waals surface area (Å²) in [5.74, 6) is 0. The van der Waals surface area contributed by atoms with Crippen LogP contribution in [0.3, 0.4) is 0 Å². The minimum Gasteiger partial charge on any atom is -0.464 e. The highest BCUT2D eigenvalue weighted by Crippen LogP contribution is 2.28. The lowest BCUT2D eigenvalue weighted by molar-refractivity contribution is 0.134. The molecule has 0 bridgehead atoms. The van der Waals surface area contributed by atoms with Gasteiger partial charge in [0.05, 0.1) is 17.9 Å². The predicted molar refractivity (Wildman–Crippen MR) is 56.6 cm³/mol. The second kappa shape index (κ2) is 4.03. The number of halogens is 1. The summed E-state index contributed by atoms with van der Waals surface area (Å²) in [6, 6.07) is 5.63. The van der Waals surface area contributed by atoms with Crippen molar-refractivity contribution < 1.29 is 9.15 Å². The summed E-state index contributed by atoms with van der Waals surface area (Å²) in [4.78, 5) is 0. The largest absolute Gasteiger partial charge is 0.464 e. The Morgan fingerprint density at radius 3 is 3.07 bits per heavy atom. The standard InChI is InChI=1S/C11H11ClO2/c1-2-13-6-8-7-14-10-5-3-4-9(12)11(8)10/h3-5,7H,2,6H2,1H3. The summed E-state index contributed by atoms with van der Waals surface area (Å²) in [6.45, 7) is 3.20. The fourth-order valence-electron chi connectivity index (χ4n) is 1.43. The smallest absolute Gasteiger partial charge is 0.135 e. The third-order valence-corrected chi connectivity index (χ3v) is 2.40. The molecule has 2 rings (SSSR count). The van der Waals surface area contributed by atoms with Crippen molar-refractivity contribution in [1.29, 1.82) is 0 Å². The van der Waals surface area contributed by atoms with E-state index < -0.39 is 0 Å². The average molecular weight is 211 g/mol. The van der Waals surface area contributed by atoms with Crippen molar-refractivity contribution in [1.82, 2.24) is 0 Å². The van der Waals surface area contributed by atoms with E-state index in [0.29, 0.717) is 18.2 Å². The highest BCUT2D eigenvalue weighted by Gasteiger charge is 2.08. The van der Waals surface area contributed by atoms with E-state index in [1.807, 2.05) is 25.1 Å². The molecule has 3 heteroatoms. The summed E-state index contributed by atoms with van der Waals surface area (Å²) < 4.78 is 10.7. The first-order chi connectivity index (χ1) is 6.83. The second-order valence-corrected chi connectivity index (χ2v) is 3.42. The molecule has 14 heavy (non-hydrogen) atoms. The molecule has 1 aromatic heterocycles. The normalized spacial score (nSPS) is 11.0. The van der Waals surface area contributed by atoms with Crippen LogP contribution in [0.2, 0.25) is 5.02 Å². The number of hydrogen-bond acceptors (Lipinski definition) is 2. The van der Waals surface area contributed by atoms with Crippen molar-refractivity contribution in [2.75, 3.05) is 6.61 Å². The number of fused-ring (bicyclic) bond motifs is 1. The van der Waals surface area contributed by atoms with Gasteiger partial charge in [0.2, 0.25) is 0 Å². The van der Waals surface area contributed by atoms with Crippen LogP contribution in [-0.4, -0.2) is 6.61 Å².